The van der Waals surface area contributed by atoms with Crippen LogP contribution in [-0.4, -0.2) is 0 Å². The zero-order chi connectivity index (χ0) is 22.4. The molecule has 1 aliphatic carbocycles. The third-order valence-corrected chi connectivity index (χ3v) is 6.18. The third kappa shape index (κ3) is 5.31. The van der Waals surface area contributed by atoms with E-state index in [0.717, 1.165) is 44.9 Å². The molecule has 1 saturated carbocycles. The molecule has 0 aliphatic heterocycles. The van der Waals surface area contributed by atoms with Crippen molar-refractivity contribution in [3.63, 3.8) is 0 Å². The molecule has 0 N–H and O–H groups in total. The van der Waals surface area contributed by atoms with Crippen LogP contribution in [-0.2, 0) is 0 Å². The molecule has 0 atom stereocenters. The molecule has 0 bridgehead atoms. The molecular formula is C26H30F4O. The minimum absolute atomic E-state index is 0.0380. The first kappa shape index (κ1) is 23.4. The Morgan fingerprint density at radius 3 is 2.10 bits per heavy atom. The van der Waals surface area contributed by atoms with Gasteiger partial charge in [-0.2, -0.15) is 4.39 Å². The summed E-state index contributed by atoms with van der Waals surface area (Å²) in [5, 5.41) is 0. The summed E-state index contributed by atoms with van der Waals surface area (Å²) < 4.78 is 64.0. The lowest BCUT2D eigenvalue weighted by molar-refractivity contribution is 0.303. The van der Waals surface area contributed by atoms with Crippen molar-refractivity contribution in [2.45, 2.75) is 71.1 Å². The summed E-state index contributed by atoms with van der Waals surface area (Å²) in [7, 11) is 0. The summed E-state index contributed by atoms with van der Waals surface area (Å²) in [6.07, 6.45) is 10.6. The summed E-state index contributed by atoms with van der Waals surface area (Å²) in [5.74, 6) is -4.26. The molecule has 0 heterocycles. The highest BCUT2D eigenvalue weighted by Crippen LogP contribution is 2.40. The summed E-state index contributed by atoms with van der Waals surface area (Å²) in [6, 6.07) is 5.32. The van der Waals surface area contributed by atoms with Crippen molar-refractivity contribution in [1.82, 2.24) is 0 Å². The molecule has 5 heteroatoms. The second-order valence-electron chi connectivity index (χ2n) is 8.35. The minimum atomic E-state index is -1.26. The van der Waals surface area contributed by atoms with Gasteiger partial charge in [-0.05, 0) is 67.7 Å². The number of ether oxygens (including phenoxy) is 1. The van der Waals surface area contributed by atoms with Crippen LogP contribution in [0.15, 0.2) is 36.6 Å². The molecule has 0 radical (unpaired) electrons. The van der Waals surface area contributed by atoms with Crippen LogP contribution in [0.3, 0.4) is 0 Å². The number of halogens is 4. The normalized spacial score (nSPS) is 19.2. The number of benzene rings is 2. The van der Waals surface area contributed by atoms with Crippen LogP contribution in [0.25, 0.3) is 11.1 Å². The van der Waals surface area contributed by atoms with Crippen molar-refractivity contribution < 1.29 is 22.3 Å². The topological polar surface area (TPSA) is 9.23 Å². The smallest absolute Gasteiger partial charge is 0.201 e. The Morgan fingerprint density at radius 2 is 1.45 bits per heavy atom. The summed E-state index contributed by atoms with van der Waals surface area (Å²) in [4.78, 5) is 0. The fraction of sp³-hybridized carbons (Fsp3) is 0.462. The fourth-order valence-corrected chi connectivity index (χ4v) is 4.44. The fourth-order valence-electron chi connectivity index (χ4n) is 4.44. The minimum Gasteiger partial charge on any atom is -0.462 e. The lowest BCUT2D eigenvalue weighted by Crippen LogP contribution is -2.15. The van der Waals surface area contributed by atoms with Crippen molar-refractivity contribution in [2.24, 2.45) is 5.92 Å². The first-order chi connectivity index (χ1) is 15.0. The maximum absolute atomic E-state index is 14.9. The molecule has 0 spiro atoms. The molecule has 0 aromatic heterocycles. The molecule has 31 heavy (non-hydrogen) atoms. The van der Waals surface area contributed by atoms with Gasteiger partial charge in [0, 0.05) is 11.1 Å². The van der Waals surface area contributed by atoms with E-state index in [2.05, 4.69) is 6.92 Å². The van der Waals surface area contributed by atoms with Crippen molar-refractivity contribution >= 4 is 0 Å². The van der Waals surface area contributed by atoms with Crippen LogP contribution in [0.1, 0.15) is 76.7 Å². The van der Waals surface area contributed by atoms with Gasteiger partial charge in [-0.3, -0.25) is 0 Å². The van der Waals surface area contributed by atoms with Crippen LogP contribution in [0.4, 0.5) is 17.6 Å². The Labute approximate surface area is 182 Å². The Bertz CT molecular complexity index is 914. The summed E-state index contributed by atoms with van der Waals surface area (Å²) >= 11 is 0. The van der Waals surface area contributed by atoms with Crippen molar-refractivity contribution in [3.8, 4) is 16.9 Å². The third-order valence-electron chi connectivity index (χ3n) is 6.18. The SMILES string of the molecule is CCCC=COc1ccc(-c2ccc(C3CCC(CCC)CC3)c(F)c2F)c(F)c1F. The van der Waals surface area contributed by atoms with Gasteiger partial charge >= 0.3 is 0 Å². The first-order valence-corrected chi connectivity index (χ1v) is 11.3. The Morgan fingerprint density at radius 1 is 0.806 bits per heavy atom. The number of hydrogen-bond donors (Lipinski definition) is 0. The van der Waals surface area contributed by atoms with Gasteiger partial charge in [0.25, 0.3) is 0 Å². The number of allylic oxidation sites excluding steroid dienone is 1. The van der Waals surface area contributed by atoms with E-state index >= 15 is 0 Å². The van der Waals surface area contributed by atoms with E-state index in [1.165, 1.54) is 36.9 Å². The quantitative estimate of drug-likeness (QED) is 0.298. The highest BCUT2D eigenvalue weighted by Gasteiger charge is 2.27. The van der Waals surface area contributed by atoms with Crippen molar-refractivity contribution in [3.05, 3.63) is 65.4 Å². The average Bonchev–Trinajstić information content (AvgIpc) is 2.77. The number of hydrogen-bond acceptors (Lipinski definition) is 1. The van der Waals surface area contributed by atoms with Crippen LogP contribution in [0, 0.1) is 29.2 Å². The van der Waals surface area contributed by atoms with Gasteiger partial charge in [-0.1, -0.05) is 45.2 Å². The molecule has 2 aromatic rings. The Kier molecular flexibility index (Phi) is 8.16. The van der Waals surface area contributed by atoms with Gasteiger partial charge in [0.2, 0.25) is 5.82 Å². The van der Waals surface area contributed by atoms with Gasteiger partial charge in [0.1, 0.15) is 0 Å². The molecule has 168 valence electrons. The molecule has 1 aliphatic rings. The molecule has 1 nitrogen and oxygen atoms in total. The lowest BCUT2D eigenvalue weighted by atomic mass is 9.77. The van der Waals surface area contributed by atoms with Gasteiger partial charge in [0.05, 0.1) is 6.26 Å². The van der Waals surface area contributed by atoms with Crippen LogP contribution in [0.2, 0.25) is 0 Å². The predicted molar refractivity (Wildman–Crippen MR) is 116 cm³/mol. The highest BCUT2D eigenvalue weighted by atomic mass is 19.2. The largest absolute Gasteiger partial charge is 0.462 e. The van der Waals surface area contributed by atoms with Gasteiger partial charge in [-0.15, -0.1) is 0 Å². The van der Waals surface area contributed by atoms with E-state index in [1.807, 2.05) is 6.92 Å². The molecule has 3 rings (SSSR count). The van der Waals surface area contributed by atoms with Crippen molar-refractivity contribution in [2.75, 3.05) is 0 Å². The second kappa shape index (κ2) is 10.8. The molecule has 0 saturated heterocycles. The number of unbranched alkanes of at least 4 members (excludes halogenated alkanes) is 1. The predicted octanol–water partition coefficient (Wildman–Crippen LogP) is 8.68. The highest BCUT2D eigenvalue weighted by molar-refractivity contribution is 5.66. The molecule has 0 unspecified atom stereocenters. The number of rotatable bonds is 8. The Hall–Kier alpha value is -2.30. The molecule has 0 amide bonds. The van der Waals surface area contributed by atoms with E-state index in [9.17, 15) is 17.6 Å². The lowest BCUT2D eigenvalue weighted by Gasteiger charge is -2.29. The molecule has 2 aromatic carbocycles. The zero-order valence-electron chi connectivity index (χ0n) is 18.2. The van der Waals surface area contributed by atoms with E-state index in [4.69, 9.17) is 4.74 Å². The van der Waals surface area contributed by atoms with E-state index < -0.39 is 23.3 Å². The maximum Gasteiger partial charge on any atom is 0.201 e. The van der Waals surface area contributed by atoms with Crippen LogP contribution in [0.5, 0.6) is 5.75 Å². The van der Waals surface area contributed by atoms with Gasteiger partial charge in [0.15, 0.2) is 23.2 Å². The first-order valence-electron chi connectivity index (χ1n) is 11.3. The zero-order valence-corrected chi connectivity index (χ0v) is 18.2. The summed E-state index contributed by atoms with van der Waals surface area (Å²) in [5.41, 5.74) is -0.277. The standard InChI is InChI=1S/C26H30F4O/c1-3-5-6-16-31-22-15-14-21(25(29)26(22)30)20-13-12-19(23(27)24(20)28)18-10-8-17(7-4-2)9-11-18/h6,12-18H,3-5,7-11H2,1-2H3. The Balaban J connectivity index is 1.82. The molecular weight excluding hydrogens is 404 g/mol. The molecule has 1 fully saturated rings. The van der Waals surface area contributed by atoms with Crippen molar-refractivity contribution in [1.29, 1.82) is 0 Å². The van der Waals surface area contributed by atoms with E-state index in [-0.39, 0.29) is 22.8 Å². The van der Waals surface area contributed by atoms with Crippen LogP contribution >= 0.6 is 0 Å². The monoisotopic (exact) mass is 434 g/mol. The maximum atomic E-state index is 14.9. The van der Waals surface area contributed by atoms with E-state index in [1.54, 1.807) is 6.08 Å². The average molecular weight is 435 g/mol. The van der Waals surface area contributed by atoms with Crippen LogP contribution < -0.4 is 4.74 Å². The second-order valence-corrected chi connectivity index (χ2v) is 8.35. The summed E-state index contributed by atoms with van der Waals surface area (Å²) in [6.45, 7) is 4.14. The van der Waals surface area contributed by atoms with Gasteiger partial charge < -0.3 is 4.74 Å². The van der Waals surface area contributed by atoms with Gasteiger partial charge in [-0.25, -0.2) is 13.2 Å². The van der Waals surface area contributed by atoms with E-state index in [0.29, 0.717) is 11.5 Å².